The Balaban J connectivity index is 1.90. The minimum absolute atomic E-state index is 0.0434. The summed E-state index contributed by atoms with van der Waals surface area (Å²) in [6, 6.07) is 9.35. The molecule has 3 rings (SSSR count). The summed E-state index contributed by atoms with van der Waals surface area (Å²) in [6.45, 7) is 0. The maximum absolute atomic E-state index is 11.9. The summed E-state index contributed by atoms with van der Waals surface area (Å²) >= 11 is 0. The highest BCUT2D eigenvalue weighted by Gasteiger charge is 2.43. The van der Waals surface area contributed by atoms with Crippen LogP contribution in [0.3, 0.4) is 0 Å². The van der Waals surface area contributed by atoms with Crippen LogP contribution in [0.2, 0.25) is 0 Å². The van der Waals surface area contributed by atoms with E-state index < -0.39 is 0 Å². The molecule has 1 saturated carbocycles. The van der Waals surface area contributed by atoms with E-state index in [0.29, 0.717) is 5.56 Å². The van der Waals surface area contributed by atoms with Gasteiger partial charge in [-0.05, 0) is 43.5 Å². The second kappa shape index (κ2) is 4.34. The molecule has 1 amide bonds. The quantitative estimate of drug-likeness (QED) is 0.760. The summed E-state index contributed by atoms with van der Waals surface area (Å²) in [5.74, 6) is 0. The lowest BCUT2D eigenvalue weighted by Gasteiger charge is -2.27. The Morgan fingerprint density at radius 3 is 2.67 bits per heavy atom. The molecule has 0 bridgehead atoms. The van der Waals surface area contributed by atoms with Crippen molar-refractivity contribution in [3.05, 3.63) is 29.8 Å². The van der Waals surface area contributed by atoms with Crippen molar-refractivity contribution >= 4 is 11.8 Å². The van der Waals surface area contributed by atoms with Gasteiger partial charge < -0.3 is 4.74 Å². The molecule has 1 aliphatic heterocycles. The first-order chi connectivity index (χ1) is 8.79. The number of rotatable bonds is 1. The molecule has 1 aliphatic carbocycles. The number of nitrogens with zero attached hydrogens (tertiary/aromatic N) is 2. The number of carbonyl (C=O) groups is 1. The highest BCUT2D eigenvalue weighted by Crippen LogP contribution is 2.35. The zero-order chi connectivity index (χ0) is 12.5. The van der Waals surface area contributed by atoms with Crippen molar-refractivity contribution < 1.29 is 9.53 Å². The maximum atomic E-state index is 11.9. The van der Waals surface area contributed by atoms with E-state index in [4.69, 9.17) is 10.00 Å². The fourth-order valence-electron chi connectivity index (χ4n) is 2.83. The predicted octanol–water partition coefficient (Wildman–Crippen LogP) is 2.83. The molecule has 1 aromatic rings. The minimum atomic E-state index is -0.253. The molecule has 18 heavy (non-hydrogen) atoms. The van der Waals surface area contributed by atoms with Crippen LogP contribution >= 0.6 is 0 Å². The summed E-state index contributed by atoms with van der Waals surface area (Å²) in [4.78, 5) is 13.7. The molecule has 0 N–H and O–H groups in total. The van der Waals surface area contributed by atoms with E-state index in [1.54, 1.807) is 17.0 Å². The number of hydrogen-bond acceptors (Lipinski definition) is 3. The average molecular weight is 242 g/mol. The van der Waals surface area contributed by atoms with Crippen LogP contribution in [0.4, 0.5) is 10.5 Å². The second-order valence-electron chi connectivity index (χ2n) is 4.80. The Hall–Kier alpha value is -2.02. The molecule has 2 fully saturated rings. The average Bonchev–Trinajstić information content (AvgIpc) is 2.75. The Labute approximate surface area is 106 Å². The lowest BCUT2D eigenvalue weighted by Crippen LogP contribution is -2.38. The maximum Gasteiger partial charge on any atom is 0.415 e. The number of anilines is 1. The topological polar surface area (TPSA) is 53.3 Å². The van der Waals surface area contributed by atoms with Crippen LogP contribution in [0.1, 0.15) is 31.2 Å². The summed E-state index contributed by atoms with van der Waals surface area (Å²) in [5.41, 5.74) is 1.43. The van der Waals surface area contributed by atoms with Crippen molar-refractivity contribution in [2.75, 3.05) is 4.90 Å². The highest BCUT2D eigenvalue weighted by molar-refractivity contribution is 5.90. The Morgan fingerprint density at radius 2 is 1.94 bits per heavy atom. The van der Waals surface area contributed by atoms with E-state index in [9.17, 15) is 4.79 Å². The van der Waals surface area contributed by atoms with E-state index in [2.05, 4.69) is 6.07 Å². The van der Waals surface area contributed by atoms with Crippen LogP contribution in [-0.2, 0) is 4.74 Å². The van der Waals surface area contributed by atoms with Crippen LogP contribution in [0.5, 0.6) is 0 Å². The van der Waals surface area contributed by atoms with Crippen LogP contribution < -0.4 is 4.90 Å². The van der Waals surface area contributed by atoms with E-state index in [1.807, 2.05) is 12.1 Å². The molecule has 0 radical (unpaired) electrons. The van der Waals surface area contributed by atoms with Crippen molar-refractivity contribution in [3.8, 4) is 6.07 Å². The molecular formula is C14H14N2O2. The van der Waals surface area contributed by atoms with Gasteiger partial charge in [-0.2, -0.15) is 5.26 Å². The van der Waals surface area contributed by atoms with Crippen LogP contribution in [0.15, 0.2) is 24.3 Å². The number of ether oxygens (including phenoxy) is 1. The molecule has 2 aliphatic rings. The van der Waals surface area contributed by atoms with Crippen LogP contribution in [0, 0.1) is 11.3 Å². The molecule has 2 atom stereocenters. The highest BCUT2D eigenvalue weighted by atomic mass is 16.6. The summed E-state index contributed by atoms with van der Waals surface area (Å²) in [5, 5.41) is 8.78. The van der Waals surface area contributed by atoms with E-state index in [0.717, 1.165) is 31.4 Å². The summed E-state index contributed by atoms with van der Waals surface area (Å²) in [7, 11) is 0. The fourth-order valence-corrected chi connectivity index (χ4v) is 2.83. The van der Waals surface area contributed by atoms with E-state index in [1.165, 1.54) is 0 Å². The van der Waals surface area contributed by atoms with Crippen LogP contribution in [-0.4, -0.2) is 18.2 Å². The standard InChI is InChI=1S/C14H14N2O2/c15-9-10-5-7-11(8-6-10)16-12-3-1-2-4-13(12)18-14(16)17/h5-8,12-13H,1-4H2/t12?,13-/m1/s1. The first-order valence-corrected chi connectivity index (χ1v) is 6.29. The van der Waals surface area contributed by atoms with Crippen molar-refractivity contribution in [1.29, 1.82) is 5.26 Å². The van der Waals surface area contributed by atoms with Gasteiger partial charge in [-0.25, -0.2) is 4.79 Å². The van der Waals surface area contributed by atoms with Gasteiger partial charge in [0.05, 0.1) is 17.7 Å². The Kier molecular flexibility index (Phi) is 2.67. The number of benzene rings is 1. The molecule has 92 valence electrons. The summed E-state index contributed by atoms with van der Waals surface area (Å²) < 4.78 is 5.41. The molecule has 4 heteroatoms. The molecule has 0 aromatic heterocycles. The lowest BCUT2D eigenvalue weighted by atomic mass is 9.92. The van der Waals surface area contributed by atoms with E-state index in [-0.39, 0.29) is 18.2 Å². The molecule has 1 heterocycles. The van der Waals surface area contributed by atoms with Crippen molar-refractivity contribution in [2.45, 2.75) is 37.8 Å². The third kappa shape index (κ3) is 1.72. The number of carbonyl (C=O) groups excluding carboxylic acids is 1. The monoisotopic (exact) mass is 242 g/mol. The zero-order valence-electron chi connectivity index (χ0n) is 10.0. The van der Waals surface area contributed by atoms with Gasteiger partial charge in [-0.15, -0.1) is 0 Å². The molecule has 0 spiro atoms. The normalized spacial score (nSPS) is 26.4. The van der Waals surface area contributed by atoms with Gasteiger partial charge in [0.15, 0.2) is 0 Å². The van der Waals surface area contributed by atoms with Crippen molar-refractivity contribution in [3.63, 3.8) is 0 Å². The summed E-state index contributed by atoms with van der Waals surface area (Å²) in [6.07, 6.45) is 4.03. The van der Waals surface area contributed by atoms with Crippen LogP contribution in [0.25, 0.3) is 0 Å². The Morgan fingerprint density at radius 1 is 1.22 bits per heavy atom. The number of fused-ring (bicyclic) bond motifs is 1. The first-order valence-electron chi connectivity index (χ1n) is 6.29. The molecule has 1 unspecified atom stereocenters. The largest absolute Gasteiger partial charge is 0.444 e. The third-order valence-corrected chi connectivity index (χ3v) is 3.72. The SMILES string of the molecule is N#Cc1ccc(N2C(=O)O[C@@H]3CCCCC32)cc1. The van der Waals surface area contributed by atoms with Gasteiger partial charge in [0.2, 0.25) is 0 Å². The van der Waals surface area contributed by atoms with Crippen molar-refractivity contribution in [2.24, 2.45) is 0 Å². The number of amides is 1. The number of hydrogen-bond donors (Lipinski definition) is 0. The van der Waals surface area contributed by atoms with Gasteiger partial charge in [0.25, 0.3) is 0 Å². The van der Waals surface area contributed by atoms with Gasteiger partial charge in [0.1, 0.15) is 6.10 Å². The molecular weight excluding hydrogens is 228 g/mol. The van der Waals surface area contributed by atoms with E-state index >= 15 is 0 Å². The van der Waals surface area contributed by atoms with Crippen molar-refractivity contribution in [1.82, 2.24) is 0 Å². The van der Waals surface area contributed by atoms with Gasteiger partial charge in [-0.3, -0.25) is 4.90 Å². The molecule has 4 nitrogen and oxygen atoms in total. The van der Waals surface area contributed by atoms with Gasteiger partial charge in [-0.1, -0.05) is 6.42 Å². The fraction of sp³-hybridized carbons (Fsp3) is 0.429. The molecule has 1 saturated heterocycles. The molecule has 1 aromatic carbocycles. The van der Waals surface area contributed by atoms with Gasteiger partial charge >= 0.3 is 6.09 Å². The predicted molar refractivity (Wildman–Crippen MR) is 66.2 cm³/mol. The first kappa shape index (κ1) is 11.1. The smallest absolute Gasteiger partial charge is 0.415 e. The number of nitriles is 1. The lowest BCUT2D eigenvalue weighted by molar-refractivity contribution is 0.113. The minimum Gasteiger partial charge on any atom is -0.444 e. The Bertz CT molecular complexity index is 504. The third-order valence-electron chi connectivity index (χ3n) is 3.72. The van der Waals surface area contributed by atoms with Gasteiger partial charge in [0, 0.05) is 5.69 Å². The second-order valence-corrected chi connectivity index (χ2v) is 4.80. The zero-order valence-corrected chi connectivity index (χ0v) is 10.0.